The average molecular weight is 329 g/mol. The van der Waals surface area contributed by atoms with Crippen LogP contribution in [-0.2, 0) is 10.1 Å². The standard InChI is InChI=1S/C10H9BrClF2NO2/c1-2-17-10(16)7-3-6(12)5(4-11)8(15-7)9(13)14/h3,9H,2,4H2,1H3. The Morgan fingerprint density at radius 2 is 2.29 bits per heavy atom. The van der Waals surface area contributed by atoms with Crippen LogP contribution in [0, 0.1) is 0 Å². The summed E-state index contributed by atoms with van der Waals surface area (Å²) in [5, 5.41) is 0.206. The number of carbonyl (C=O) groups excluding carboxylic acids is 1. The number of nitrogens with zero attached hydrogens (tertiary/aromatic N) is 1. The number of ether oxygens (including phenoxy) is 1. The Kier molecular flexibility index (Phi) is 5.27. The van der Waals surface area contributed by atoms with Gasteiger partial charge in [0.2, 0.25) is 0 Å². The zero-order valence-corrected chi connectivity index (χ0v) is 11.2. The first-order valence-electron chi connectivity index (χ1n) is 4.71. The third-order valence-corrected chi connectivity index (χ3v) is 2.82. The van der Waals surface area contributed by atoms with Gasteiger partial charge in [0.15, 0.2) is 0 Å². The third kappa shape index (κ3) is 3.35. The molecule has 1 rings (SSSR count). The Morgan fingerprint density at radius 1 is 1.65 bits per heavy atom. The maximum absolute atomic E-state index is 12.7. The second-order valence-corrected chi connectivity index (χ2v) is 3.98. The van der Waals surface area contributed by atoms with Crippen molar-refractivity contribution in [3.05, 3.63) is 28.0 Å². The number of esters is 1. The molecule has 1 aromatic rings. The summed E-state index contributed by atoms with van der Waals surface area (Å²) in [4.78, 5) is 15.0. The van der Waals surface area contributed by atoms with Crippen molar-refractivity contribution in [3.63, 3.8) is 0 Å². The number of carbonyl (C=O) groups is 1. The molecule has 0 aliphatic carbocycles. The van der Waals surface area contributed by atoms with E-state index in [1.54, 1.807) is 6.92 Å². The lowest BCUT2D eigenvalue weighted by Gasteiger charge is -2.10. The normalized spacial score (nSPS) is 10.7. The summed E-state index contributed by atoms with van der Waals surface area (Å²) in [6.07, 6.45) is -2.80. The summed E-state index contributed by atoms with van der Waals surface area (Å²) in [7, 11) is 0. The van der Waals surface area contributed by atoms with Crippen LogP contribution >= 0.6 is 27.5 Å². The predicted octanol–water partition coefficient (Wildman–Crippen LogP) is 3.74. The van der Waals surface area contributed by atoms with E-state index >= 15 is 0 Å². The maximum Gasteiger partial charge on any atom is 0.356 e. The van der Waals surface area contributed by atoms with E-state index in [2.05, 4.69) is 25.7 Å². The van der Waals surface area contributed by atoms with Crippen LogP contribution in [0.1, 0.15) is 35.1 Å². The molecule has 1 heterocycles. The fourth-order valence-corrected chi connectivity index (χ4v) is 2.20. The molecule has 0 atom stereocenters. The summed E-state index contributed by atoms with van der Waals surface area (Å²) < 4.78 is 30.1. The molecule has 0 amide bonds. The quantitative estimate of drug-likeness (QED) is 0.624. The van der Waals surface area contributed by atoms with E-state index in [4.69, 9.17) is 11.6 Å². The van der Waals surface area contributed by atoms with Gasteiger partial charge in [0, 0.05) is 15.9 Å². The number of hydrogen-bond donors (Lipinski definition) is 0. The van der Waals surface area contributed by atoms with Crippen LogP contribution in [0.2, 0.25) is 5.02 Å². The number of hydrogen-bond acceptors (Lipinski definition) is 3. The Morgan fingerprint density at radius 3 is 2.76 bits per heavy atom. The van der Waals surface area contributed by atoms with Gasteiger partial charge in [-0.3, -0.25) is 0 Å². The third-order valence-electron chi connectivity index (χ3n) is 1.93. The second-order valence-electron chi connectivity index (χ2n) is 3.01. The minimum Gasteiger partial charge on any atom is -0.461 e. The van der Waals surface area contributed by atoms with Crippen LogP contribution in [0.25, 0.3) is 0 Å². The molecule has 0 radical (unpaired) electrons. The highest BCUT2D eigenvalue weighted by atomic mass is 79.9. The van der Waals surface area contributed by atoms with Crippen molar-refractivity contribution < 1.29 is 18.3 Å². The first kappa shape index (κ1) is 14.3. The molecule has 0 N–H and O–H groups in total. The molecule has 7 heteroatoms. The Labute approximate surface area is 110 Å². The van der Waals surface area contributed by atoms with Gasteiger partial charge in [0.05, 0.1) is 6.61 Å². The van der Waals surface area contributed by atoms with Gasteiger partial charge in [-0.2, -0.15) is 0 Å². The van der Waals surface area contributed by atoms with Crippen molar-refractivity contribution in [2.24, 2.45) is 0 Å². The molecular weight excluding hydrogens is 319 g/mol. The van der Waals surface area contributed by atoms with E-state index in [1.807, 2.05) is 0 Å². The Hall–Kier alpha value is -0.750. The largest absolute Gasteiger partial charge is 0.461 e. The number of halogens is 4. The Bertz CT molecular complexity index is 429. The molecule has 0 bridgehead atoms. The molecular formula is C10H9BrClF2NO2. The molecule has 0 saturated carbocycles. The van der Waals surface area contributed by atoms with Crippen LogP contribution in [-0.4, -0.2) is 17.6 Å². The van der Waals surface area contributed by atoms with Crippen LogP contribution < -0.4 is 0 Å². The van der Waals surface area contributed by atoms with E-state index in [9.17, 15) is 13.6 Å². The first-order valence-corrected chi connectivity index (χ1v) is 6.21. The highest BCUT2D eigenvalue weighted by Crippen LogP contribution is 2.29. The zero-order valence-electron chi connectivity index (χ0n) is 8.84. The predicted molar refractivity (Wildman–Crippen MR) is 62.8 cm³/mol. The van der Waals surface area contributed by atoms with Gasteiger partial charge < -0.3 is 4.74 Å². The molecule has 0 aliphatic heterocycles. The van der Waals surface area contributed by atoms with Crippen molar-refractivity contribution in [1.29, 1.82) is 0 Å². The van der Waals surface area contributed by atoms with Gasteiger partial charge >= 0.3 is 5.97 Å². The SMILES string of the molecule is CCOC(=O)c1cc(Cl)c(CBr)c(C(F)F)n1. The summed E-state index contributed by atoms with van der Waals surface area (Å²) >= 11 is 8.86. The van der Waals surface area contributed by atoms with Gasteiger partial charge in [0.25, 0.3) is 6.43 Å². The number of pyridine rings is 1. The van der Waals surface area contributed by atoms with Crippen molar-refractivity contribution in [1.82, 2.24) is 4.98 Å². The molecule has 0 unspecified atom stereocenters. The van der Waals surface area contributed by atoms with Gasteiger partial charge in [-0.25, -0.2) is 18.6 Å². The van der Waals surface area contributed by atoms with Gasteiger partial charge in [-0.15, -0.1) is 0 Å². The fourth-order valence-electron chi connectivity index (χ4n) is 1.18. The molecule has 0 aliphatic rings. The molecule has 0 aromatic carbocycles. The lowest BCUT2D eigenvalue weighted by Crippen LogP contribution is -2.10. The van der Waals surface area contributed by atoms with Gasteiger partial charge in [-0.1, -0.05) is 27.5 Å². The molecule has 17 heavy (non-hydrogen) atoms. The summed E-state index contributed by atoms with van der Waals surface area (Å²) in [5.41, 5.74) is -0.538. The van der Waals surface area contributed by atoms with E-state index in [0.717, 1.165) is 0 Å². The van der Waals surface area contributed by atoms with Crippen molar-refractivity contribution >= 4 is 33.5 Å². The highest BCUT2D eigenvalue weighted by molar-refractivity contribution is 9.08. The lowest BCUT2D eigenvalue weighted by molar-refractivity contribution is 0.0518. The van der Waals surface area contributed by atoms with Crippen molar-refractivity contribution in [2.45, 2.75) is 18.7 Å². The smallest absolute Gasteiger partial charge is 0.356 e. The molecule has 1 aromatic heterocycles. The van der Waals surface area contributed by atoms with E-state index in [-0.39, 0.29) is 28.2 Å². The number of rotatable bonds is 4. The maximum atomic E-state index is 12.7. The second kappa shape index (κ2) is 6.26. The van der Waals surface area contributed by atoms with Gasteiger partial charge in [0.1, 0.15) is 11.4 Å². The van der Waals surface area contributed by atoms with Crippen molar-refractivity contribution in [2.75, 3.05) is 6.61 Å². The minimum atomic E-state index is -2.80. The topological polar surface area (TPSA) is 39.2 Å². The summed E-state index contributed by atoms with van der Waals surface area (Å²) in [6.45, 7) is 1.75. The van der Waals surface area contributed by atoms with Crippen LogP contribution in [0.4, 0.5) is 8.78 Å². The van der Waals surface area contributed by atoms with Crippen LogP contribution in [0.15, 0.2) is 6.07 Å². The molecule has 0 spiro atoms. The molecule has 0 fully saturated rings. The van der Waals surface area contributed by atoms with Gasteiger partial charge in [-0.05, 0) is 13.0 Å². The molecule has 3 nitrogen and oxygen atoms in total. The van der Waals surface area contributed by atoms with Crippen molar-refractivity contribution in [3.8, 4) is 0 Å². The van der Waals surface area contributed by atoms with E-state index < -0.39 is 18.1 Å². The minimum absolute atomic E-state index is 0.0650. The number of aromatic nitrogens is 1. The van der Waals surface area contributed by atoms with E-state index in [0.29, 0.717) is 0 Å². The van der Waals surface area contributed by atoms with Crippen LogP contribution in [0.3, 0.4) is 0 Å². The molecule has 94 valence electrons. The monoisotopic (exact) mass is 327 g/mol. The molecule has 0 saturated heterocycles. The van der Waals surface area contributed by atoms with Crippen LogP contribution in [0.5, 0.6) is 0 Å². The summed E-state index contributed by atoms with van der Waals surface area (Å²) in [5.74, 6) is -0.766. The Balaban J connectivity index is 3.24. The first-order chi connectivity index (χ1) is 8.01. The zero-order chi connectivity index (χ0) is 13.0. The summed E-state index contributed by atoms with van der Waals surface area (Å²) in [6, 6.07) is 1.22. The average Bonchev–Trinajstić information content (AvgIpc) is 2.28. The fraction of sp³-hybridized carbons (Fsp3) is 0.400. The van der Waals surface area contributed by atoms with E-state index in [1.165, 1.54) is 6.07 Å². The number of alkyl halides is 3. The highest BCUT2D eigenvalue weighted by Gasteiger charge is 2.21. The lowest BCUT2D eigenvalue weighted by atomic mass is 10.2.